The van der Waals surface area contributed by atoms with Gasteiger partial charge in [-0.25, -0.2) is 9.78 Å². The van der Waals surface area contributed by atoms with Crippen LogP contribution in [0.1, 0.15) is 16.4 Å². The van der Waals surface area contributed by atoms with Crippen molar-refractivity contribution in [2.75, 3.05) is 7.11 Å². The van der Waals surface area contributed by atoms with Crippen molar-refractivity contribution in [1.82, 2.24) is 4.98 Å². The van der Waals surface area contributed by atoms with Crippen LogP contribution in [0.15, 0.2) is 37.6 Å². The molecule has 0 atom stereocenters. The fraction of sp³-hybridized carbons (Fsp3) is 0.143. The van der Waals surface area contributed by atoms with Gasteiger partial charge in [0.1, 0.15) is 5.58 Å². The van der Waals surface area contributed by atoms with Gasteiger partial charge in [0.2, 0.25) is 5.76 Å². The standard InChI is InChI=1S/C14H10BrNO4/c1-7-16-12(14(17)18-2)13(19-7)11-6-8-5-9(15)3-4-10(8)20-11/h3-6H,1-2H3. The Bertz CT molecular complexity index is 803. The van der Waals surface area contributed by atoms with Gasteiger partial charge in [0.25, 0.3) is 0 Å². The number of hydrogen-bond donors (Lipinski definition) is 0. The number of benzene rings is 1. The van der Waals surface area contributed by atoms with Crippen molar-refractivity contribution in [2.45, 2.75) is 6.92 Å². The highest BCUT2D eigenvalue weighted by atomic mass is 79.9. The van der Waals surface area contributed by atoms with Gasteiger partial charge >= 0.3 is 5.97 Å². The molecular weight excluding hydrogens is 326 g/mol. The summed E-state index contributed by atoms with van der Waals surface area (Å²) >= 11 is 3.40. The molecule has 2 aromatic heterocycles. The minimum absolute atomic E-state index is 0.114. The van der Waals surface area contributed by atoms with Crippen LogP contribution >= 0.6 is 15.9 Å². The number of halogens is 1. The SMILES string of the molecule is COC(=O)c1nc(C)oc1-c1cc2cc(Br)ccc2o1. The quantitative estimate of drug-likeness (QED) is 0.663. The van der Waals surface area contributed by atoms with Crippen molar-refractivity contribution in [1.29, 1.82) is 0 Å². The molecule has 1 aromatic carbocycles. The van der Waals surface area contributed by atoms with Crippen molar-refractivity contribution in [3.05, 3.63) is 40.3 Å². The Morgan fingerprint density at radius 3 is 2.85 bits per heavy atom. The number of rotatable bonds is 2. The van der Waals surface area contributed by atoms with E-state index in [1.54, 1.807) is 13.0 Å². The lowest BCUT2D eigenvalue weighted by molar-refractivity contribution is 0.0595. The van der Waals surface area contributed by atoms with Crippen molar-refractivity contribution in [2.24, 2.45) is 0 Å². The predicted octanol–water partition coefficient (Wildman–Crippen LogP) is 3.95. The van der Waals surface area contributed by atoms with E-state index in [0.29, 0.717) is 17.2 Å². The van der Waals surface area contributed by atoms with E-state index >= 15 is 0 Å². The number of hydrogen-bond acceptors (Lipinski definition) is 5. The fourth-order valence-corrected chi connectivity index (χ4v) is 2.33. The molecule has 0 saturated carbocycles. The van der Waals surface area contributed by atoms with Crippen molar-refractivity contribution < 1.29 is 18.4 Å². The van der Waals surface area contributed by atoms with Crippen LogP contribution in [0.2, 0.25) is 0 Å². The van der Waals surface area contributed by atoms with E-state index in [1.807, 2.05) is 18.2 Å². The summed E-state index contributed by atoms with van der Waals surface area (Å²) in [7, 11) is 1.30. The van der Waals surface area contributed by atoms with Gasteiger partial charge in [-0.3, -0.25) is 0 Å². The molecule has 20 heavy (non-hydrogen) atoms. The monoisotopic (exact) mass is 335 g/mol. The fourth-order valence-electron chi connectivity index (χ4n) is 1.96. The summed E-state index contributed by atoms with van der Waals surface area (Å²) in [5, 5.41) is 0.902. The maximum atomic E-state index is 11.7. The second-order valence-corrected chi connectivity index (χ2v) is 5.11. The van der Waals surface area contributed by atoms with Gasteiger partial charge in [-0.15, -0.1) is 0 Å². The molecule has 0 aliphatic heterocycles. The van der Waals surface area contributed by atoms with E-state index in [-0.39, 0.29) is 11.5 Å². The van der Waals surface area contributed by atoms with Crippen LogP contribution in [0.3, 0.4) is 0 Å². The molecule has 0 fully saturated rings. The molecule has 2 heterocycles. The molecule has 0 bridgehead atoms. The molecule has 5 nitrogen and oxygen atoms in total. The highest BCUT2D eigenvalue weighted by molar-refractivity contribution is 9.10. The number of ether oxygens (including phenoxy) is 1. The summed E-state index contributed by atoms with van der Waals surface area (Å²) in [6.45, 7) is 1.66. The van der Waals surface area contributed by atoms with E-state index in [4.69, 9.17) is 13.6 Å². The Kier molecular flexibility index (Phi) is 3.10. The average Bonchev–Trinajstić information content (AvgIpc) is 3.00. The number of furan rings is 1. The minimum Gasteiger partial charge on any atom is -0.464 e. The summed E-state index contributed by atoms with van der Waals surface area (Å²) < 4.78 is 16.8. The number of esters is 1. The normalized spacial score (nSPS) is 10.9. The zero-order chi connectivity index (χ0) is 14.3. The highest BCUT2D eigenvalue weighted by Crippen LogP contribution is 2.32. The lowest BCUT2D eigenvalue weighted by atomic mass is 10.2. The van der Waals surface area contributed by atoms with Crippen LogP contribution in [0.5, 0.6) is 0 Å². The van der Waals surface area contributed by atoms with Crippen LogP contribution in [0.25, 0.3) is 22.5 Å². The van der Waals surface area contributed by atoms with Gasteiger partial charge in [0.05, 0.1) is 7.11 Å². The first-order valence-corrected chi connectivity index (χ1v) is 6.63. The molecule has 0 saturated heterocycles. The molecule has 0 aliphatic rings. The van der Waals surface area contributed by atoms with Gasteiger partial charge < -0.3 is 13.6 Å². The molecule has 6 heteroatoms. The number of carbonyl (C=O) groups excluding carboxylic acids is 1. The maximum absolute atomic E-state index is 11.7. The number of methoxy groups -OCH3 is 1. The molecular formula is C14H10BrNO4. The topological polar surface area (TPSA) is 65.5 Å². The first kappa shape index (κ1) is 12.9. The van der Waals surface area contributed by atoms with Gasteiger partial charge in [0, 0.05) is 16.8 Å². The minimum atomic E-state index is -0.557. The van der Waals surface area contributed by atoms with E-state index in [9.17, 15) is 4.79 Å². The lowest BCUT2D eigenvalue weighted by Crippen LogP contribution is -2.03. The molecule has 0 spiro atoms. The number of aryl methyl sites for hydroxylation is 1. The van der Waals surface area contributed by atoms with Crippen LogP contribution in [-0.4, -0.2) is 18.1 Å². The third-order valence-electron chi connectivity index (χ3n) is 2.81. The van der Waals surface area contributed by atoms with Crippen molar-refractivity contribution >= 4 is 32.9 Å². The van der Waals surface area contributed by atoms with Crippen molar-refractivity contribution in [3.63, 3.8) is 0 Å². The van der Waals surface area contributed by atoms with E-state index in [1.165, 1.54) is 7.11 Å². The molecule has 3 aromatic rings. The second-order valence-electron chi connectivity index (χ2n) is 4.19. The largest absolute Gasteiger partial charge is 0.464 e. The van der Waals surface area contributed by atoms with E-state index < -0.39 is 5.97 Å². The third kappa shape index (κ3) is 2.12. The molecule has 0 radical (unpaired) electrons. The third-order valence-corrected chi connectivity index (χ3v) is 3.31. The van der Waals surface area contributed by atoms with E-state index in [0.717, 1.165) is 9.86 Å². The molecule has 0 N–H and O–H groups in total. The summed E-state index contributed by atoms with van der Waals surface area (Å²) in [5.74, 6) is 0.543. The van der Waals surface area contributed by atoms with Gasteiger partial charge in [-0.05, 0) is 24.3 Å². The van der Waals surface area contributed by atoms with Crippen LogP contribution in [-0.2, 0) is 4.74 Å². The molecule has 0 unspecified atom stereocenters. The Morgan fingerprint density at radius 1 is 1.30 bits per heavy atom. The van der Waals surface area contributed by atoms with Gasteiger partial charge in [-0.2, -0.15) is 0 Å². The number of nitrogens with zero attached hydrogens (tertiary/aromatic N) is 1. The molecule has 0 amide bonds. The first-order valence-electron chi connectivity index (χ1n) is 5.83. The number of carbonyl (C=O) groups is 1. The summed E-state index contributed by atoms with van der Waals surface area (Å²) in [6.07, 6.45) is 0. The van der Waals surface area contributed by atoms with Gasteiger partial charge in [-0.1, -0.05) is 15.9 Å². The predicted molar refractivity (Wildman–Crippen MR) is 75.5 cm³/mol. The zero-order valence-electron chi connectivity index (χ0n) is 10.8. The smallest absolute Gasteiger partial charge is 0.360 e. The number of fused-ring (bicyclic) bond motifs is 1. The molecule has 0 aliphatic carbocycles. The first-order chi connectivity index (χ1) is 9.58. The van der Waals surface area contributed by atoms with Crippen LogP contribution in [0.4, 0.5) is 0 Å². The molecule has 3 rings (SSSR count). The Morgan fingerprint density at radius 2 is 2.10 bits per heavy atom. The maximum Gasteiger partial charge on any atom is 0.360 e. The Hall–Kier alpha value is -2.08. The van der Waals surface area contributed by atoms with Crippen molar-refractivity contribution in [3.8, 4) is 11.5 Å². The number of oxazole rings is 1. The zero-order valence-corrected chi connectivity index (χ0v) is 12.4. The average molecular weight is 336 g/mol. The van der Waals surface area contributed by atoms with Crippen LogP contribution < -0.4 is 0 Å². The summed E-state index contributed by atoms with van der Waals surface area (Å²) in [6, 6.07) is 7.43. The Balaban J connectivity index is 2.17. The van der Waals surface area contributed by atoms with Gasteiger partial charge in [0.15, 0.2) is 17.3 Å². The molecule has 102 valence electrons. The lowest BCUT2D eigenvalue weighted by Gasteiger charge is -1.95. The highest BCUT2D eigenvalue weighted by Gasteiger charge is 2.23. The van der Waals surface area contributed by atoms with Crippen LogP contribution in [0, 0.1) is 6.92 Å². The second kappa shape index (κ2) is 4.79. The van der Waals surface area contributed by atoms with E-state index in [2.05, 4.69) is 20.9 Å². The Labute approximate surface area is 122 Å². The summed E-state index contributed by atoms with van der Waals surface area (Å²) in [4.78, 5) is 15.7. The summed E-state index contributed by atoms with van der Waals surface area (Å²) in [5.41, 5.74) is 0.816. The number of aromatic nitrogens is 1.